The second-order valence-corrected chi connectivity index (χ2v) is 20.0. The summed E-state index contributed by atoms with van der Waals surface area (Å²) in [4.78, 5) is 7.52. The van der Waals surface area contributed by atoms with E-state index in [1.54, 1.807) is 45.3 Å². The number of ether oxygens (including phenoxy) is 2. The Morgan fingerprint density at radius 3 is 1.17 bits per heavy atom. The van der Waals surface area contributed by atoms with Crippen LogP contribution >= 0.6 is 77.2 Å². The summed E-state index contributed by atoms with van der Waals surface area (Å²) in [6.45, 7) is 8.14. The summed E-state index contributed by atoms with van der Waals surface area (Å²) < 4.78 is 14.2. The minimum atomic E-state index is -0.369. The molecule has 0 amide bonds. The largest absolute Gasteiger partial charge is 0.398 e. The number of rotatable bonds is 5. The van der Waals surface area contributed by atoms with E-state index >= 15 is 0 Å². The highest BCUT2D eigenvalue weighted by Gasteiger charge is 2.49. The molecule has 52 heavy (non-hydrogen) atoms. The Morgan fingerprint density at radius 2 is 0.788 bits per heavy atom. The Balaban J connectivity index is 0.000000143. The second-order valence-electron chi connectivity index (χ2n) is 12.9. The van der Waals surface area contributed by atoms with Crippen LogP contribution < -0.4 is 17.2 Å². The maximum Gasteiger partial charge on any atom is 0.187 e. The highest BCUT2D eigenvalue weighted by atomic mass is 79.9. The molecule has 4 aromatic heterocycles. The molecule has 6 N–H and O–H groups in total. The summed E-state index contributed by atoms with van der Waals surface area (Å²) >= 11 is 13.9. The molecule has 7 aromatic rings. The molecule has 8 rings (SSSR count). The monoisotopic (exact) mass is 891 g/mol. The van der Waals surface area contributed by atoms with Crippen molar-refractivity contribution in [2.75, 3.05) is 17.2 Å². The summed E-state index contributed by atoms with van der Waals surface area (Å²) in [7, 11) is 0. The highest BCUT2D eigenvalue weighted by Crippen LogP contribution is 2.46. The van der Waals surface area contributed by atoms with E-state index in [4.69, 9.17) is 26.7 Å². The van der Waals surface area contributed by atoms with Crippen LogP contribution in [-0.2, 0) is 9.47 Å². The third-order valence-corrected chi connectivity index (χ3v) is 14.7. The van der Waals surface area contributed by atoms with Crippen molar-refractivity contribution in [2.24, 2.45) is 0 Å². The van der Waals surface area contributed by atoms with Crippen LogP contribution in [0.5, 0.6) is 0 Å². The number of thiophene rings is 4. The first-order valence-corrected chi connectivity index (χ1v) is 21.3. The van der Waals surface area contributed by atoms with Crippen molar-refractivity contribution in [1.29, 1.82) is 0 Å². The average molecular weight is 894 g/mol. The summed E-state index contributed by atoms with van der Waals surface area (Å²) in [5.41, 5.74) is 22.9. The zero-order valence-corrected chi connectivity index (χ0v) is 35.5. The summed E-state index contributed by atoms with van der Waals surface area (Å²) in [5, 5.41) is 0. The molecule has 0 bridgehead atoms. The van der Waals surface area contributed by atoms with Gasteiger partial charge in [0.1, 0.15) is 0 Å². The van der Waals surface area contributed by atoms with Crippen LogP contribution in [0.4, 0.5) is 17.1 Å². The number of para-hydroxylation sites is 3. The van der Waals surface area contributed by atoms with Gasteiger partial charge in [0.15, 0.2) is 6.29 Å². The number of nitrogens with two attached hydrogens (primary N) is 3. The maximum absolute atomic E-state index is 6.09. The third-order valence-electron chi connectivity index (χ3n) is 8.80. The molecular weight excluding hydrogens is 855 g/mol. The lowest BCUT2D eigenvalue weighted by Gasteiger charge is -2.30. The van der Waals surface area contributed by atoms with E-state index in [9.17, 15) is 0 Å². The first-order valence-electron chi connectivity index (χ1n) is 16.4. The Kier molecular flexibility index (Phi) is 12.1. The smallest absolute Gasteiger partial charge is 0.187 e. The lowest BCUT2D eigenvalue weighted by Crippen LogP contribution is -2.41. The zero-order valence-electron chi connectivity index (χ0n) is 29.1. The molecule has 5 heterocycles. The van der Waals surface area contributed by atoms with E-state index in [0.29, 0.717) is 5.69 Å². The van der Waals surface area contributed by atoms with E-state index < -0.39 is 0 Å². The standard InChI is InChI=1S/C20H16N2S2.C13H19NO2.C8H4Br2S2/c21-15-7-3-1-5-13(15)17-9-11-19(23-17)20-12-10-18(24-20)14-6-2-4-8-16(14)22;1-12(2)13(3,4)16-11(15-12)9-7-5-6-8-10(9)14;9-7-3-1-5(11-7)6-2-4-8(10)12-6/h1-12H,21-22H2;5-8,11H,14H2,1-4H3;1-4H. The van der Waals surface area contributed by atoms with Crippen molar-refractivity contribution < 1.29 is 9.47 Å². The van der Waals surface area contributed by atoms with Crippen molar-refractivity contribution in [3.63, 3.8) is 0 Å². The molecule has 1 saturated heterocycles. The van der Waals surface area contributed by atoms with Crippen molar-refractivity contribution in [3.05, 3.63) is 134 Å². The minimum absolute atomic E-state index is 0.319. The summed E-state index contributed by atoms with van der Waals surface area (Å²) in [6, 6.07) is 40.7. The molecule has 1 aliphatic rings. The fraction of sp³-hybridized carbons (Fsp3) is 0.171. The Labute approximate surface area is 338 Å². The minimum Gasteiger partial charge on any atom is -0.398 e. The van der Waals surface area contributed by atoms with E-state index in [2.05, 4.69) is 92.5 Å². The molecule has 0 atom stereocenters. The van der Waals surface area contributed by atoms with Gasteiger partial charge in [-0.05, 0) is 126 Å². The first-order chi connectivity index (χ1) is 24.8. The maximum atomic E-state index is 6.09. The fourth-order valence-corrected chi connectivity index (χ4v) is 10.3. The highest BCUT2D eigenvalue weighted by molar-refractivity contribution is 9.11. The second kappa shape index (κ2) is 16.4. The van der Waals surface area contributed by atoms with Crippen molar-refractivity contribution in [2.45, 2.75) is 45.2 Å². The molecule has 3 aromatic carbocycles. The Bertz CT molecular complexity index is 2130. The van der Waals surface area contributed by atoms with Gasteiger partial charge in [-0.15, -0.1) is 45.3 Å². The number of benzene rings is 3. The van der Waals surface area contributed by atoms with Crippen LogP contribution in [0.15, 0.2) is 129 Å². The predicted octanol–water partition coefficient (Wildman–Crippen LogP) is 13.8. The van der Waals surface area contributed by atoms with Gasteiger partial charge in [-0.2, -0.15) is 0 Å². The Hall–Kier alpha value is -3.26. The molecule has 0 saturated carbocycles. The molecule has 268 valence electrons. The van der Waals surface area contributed by atoms with Crippen molar-refractivity contribution in [3.8, 4) is 40.4 Å². The number of hydrogen-bond donors (Lipinski definition) is 3. The lowest BCUT2D eigenvalue weighted by atomic mass is 9.90. The molecule has 11 heteroatoms. The quantitative estimate of drug-likeness (QED) is 0.150. The van der Waals surface area contributed by atoms with Crippen LogP contribution in [0.2, 0.25) is 0 Å². The van der Waals surface area contributed by atoms with Gasteiger partial charge in [0.2, 0.25) is 0 Å². The normalized spacial score (nSPS) is 14.7. The number of nitrogen functional groups attached to an aromatic ring is 3. The van der Waals surface area contributed by atoms with Crippen LogP contribution in [0, 0.1) is 0 Å². The molecule has 0 aliphatic carbocycles. The van der Waals surface area contributed by atoms with Crippen molar-refractivity contribution >= 4 is 94.3 Å². The van der Waals surface area contributed by atoms with Gasteiger partial charge >= 0.3 is 0 Å². The van der Waals surface area contributed by atoms with Gasteiger partial charge in [0.05, 0.1) is 18.8 Å². The number of hydrogen-bond acceptors (Lipinski definition) is 9. The number of anilines is 3. The van der Waals surface area contributed by atoms with Gasteiger partial charge in [-0.1, -0.05) is 54.6 Å². The van der Waals surface area contributed by atoms with Gasteiger partial charge in [0, 0.05) is 63.0 Å². The fourth-order valence-electron chi connectivity index (χ4n) is 5.26. The van der Waals surface area contributed by atoms with E-state index in [-0.39, 0.29) is 17.5 Å². The summed E-state index contributed by atoms with van der Waals surface area (Å²) in [6.07, 6.45) is -0.369. The third kappa shape index (κ3) is 8.91. The molecule has 1 fully saturated rings. The predicted molar refractivity (Wildman–Crippen MR) is 234 cm³/mol. The van der Waals surface area contributed by atoms with Crippen LogP contribution in [0.3, 0.4) is 0 Å². The lowest BCUT2D eigenvalue weighted by molar-refractivity contribution is -0.0890. The van der Waals surface area contributed by atoms with Gasteiger partial charge in [-0.3, -0.25) is 0 Å². The molecule has 1 aliphatic heterocycles. The van der Waals surface area contributed by atoms with E-state index in [1.807, 2.05) is 88.4 Å². The van der Waals surface area contributed by atoms with Gasteiger partial charge in [-0.25, -0.2) is 0 Å². The Morgan fingerprint density at radius 1 is 0.442 bits per heavy atom. The molecule has 0 spiro atoms. The SMILES string of the molecule is Brc1ccc(-c2ccc(Br)s2)s1.CC1(C)OC(c2ccccc2N)OC1(C)C.Nc1ccccc1-c1ccc(-c2ccc(-c3ccccc3N)s2)s1. The van der Waals surface area contributed by atoms with E-state index in [1.165, 1.54) is 36.8 Å². The topological polar surface area (TPSA) is 96.5 Å². The molecular formula is C41H39Br2N3O2S4. The number of halogens is 2. The average Bonchev–Trinajstić information content (AvgIpc) is 3.95. The van der Waals surface area contributed by atoms with E-state index in [0.717, 1.165) is 28.1 Å². The van der Waals surface area contributed by atoms with Gasteiger partial charge in [0.25, 0.3) is 0 Å². The van der Waals surface area contributed by atoms with Crippen LogP contribution in [-0.4, -0.2) is 11.2 Å². The van der Waals surface area contributed by atoms with Crippen molar-refractivity contribution in [1.82, 2.24) is 0 Å². The van der Waals surface area contributed by atoms with Crippen LogP contribution in [0.1, 0.15) is 39.5 Å². The summed E-state index contributed by atoms with van der Waals surface area (Å²) in [5.74, 6) is 0. The first kappa shape index (κ1) is 38.5. The molecule has 0 unspecified atom stereocenters. The zero-order chi connectivity index (χ0) is 37.0. The molecule has 5 nitrogen and oxygen atoms in total. The van der Waals surface area contributed by atoms with Crippen LogP contribution in [0.25, 0.3) is 40.4 Å². The molecule has 0 radical (unpaired) electrons. The van der Waals surface area contributed by atoms with Gasteiger partial charge < -0.3 is 26.7 Å².